The highest BCUT2D eigenvalue weighted by atomic mass is 31.2. The average Bonchev–Trinajstić information content (AvgIpc) is 3.18. The normalized spacial score (nSPS) is 11.4. The van der Waals surface area contributed by atoms with Crippen molar-refractivity contribution in [2.45, 2.75) is 13.1 Å². The van der Waals surface area contributed by atoms with E-state index in [1.807, 2.05) is 18.2 Å². The van der Waals surface area contributed by atoms with E-state index in [0.717, 1.165) is 17.1 Å². The largest absolute Gasteiger partial charge is 0.355 e. The quantitative estimate of drug-likeness (QED) is 0.349. The molecule has 4 aromatic carbocycles. The van der Waals surface area contributed by atoms with Crippen molar-refractivity contribution in [1.29, 1.82) is 5.26 Å². The summed E-state index contributed by atoms with van der Waals surface area (Å²) in [5, 5.41) is 14.6. The molecule has 0 aliphatic heterocycles. The van der Waals surface area contributed by atoms with Gasteiger partial charge in [-0.1, -0.05) is 54.6 Å². The summed E-state index contributed by atoms with van der Waals surface area (Å²) in [5.74, 6) is 0. The van der Waals surface area contributed by atoms with E-state index in [1.165, 1.54) is 27.2 Å². The monoisotopic (exact) mass is 431 g/mol. The number of H-pyrrole nitrogens is 1. The number of nitrogens with one attached hydrogen (secondary N) is 1. The molecule has 5 rings (SSSR count). The van der Waals surface area contributed by atoms with Crippen molar-refractivity contribution in [3.63, 3.8) is 0 Å². The zero-order valence-corrected chi connectivity index (χ0v) is 18.9. The molecular weight excluding hydrogens is 407 g/mol. The van der Waals surface area contributed by atoms with Gasteiger partial charge in [0.15, 0.2) is 0 Å². The average molecular weight is 431 g/mol. The lowest BCUT2D eigenvalue weighted by atomic mass is 10.1. The number of aromatic nitrogens is 1. The maximum Gasteiger partial charge on any atom is 0.118 e. The number of hydrogen-bond acceptors (Lipinski definition) is 1. The first-order valence-corrected chi connectivity index (χ1v) is 12.8. The van der Waals surface area contributed by atoms with Crippen LogP contribution < -0.4 is 15.9 Å². The highest BCUT2D eigenvalue weighted by Crippen LogP contribution is 2.58. The van der Waals surface area contributed by atoms with E-state index in [9.17, 15) is 5.26 Å². The molecule has 0 atom stereocenters. The summed E-state index contributed by atoms with van der Waals surface area (Å²) in [7, 11) is -1.97. The van der Waals surface area contributed by atoms with Crippen LogP contribution in [0.3, 0.4) is 0 Å². The summed E-state index contributed by atoms with van der Waals surface area (Å²) >= 11 is 0. The number of hydrogen-bond donors (Lipinski definition) is 1. The third-order valence-electron chi connectivity index (χ3n) is 6.28. The van der Waals surface area contributed by atoms with Gasteiger partial charge in [0.05, 0.1) is 17.3 Å². The van der Waals surface area contributed by atoms with Crippen LogP contribution in [-0.4, -0.2) is 4.98 Å². The number of aromatic amines is 1. The van der Waals surface area contributed by atoms with Crippen molar-refractivity contribution >= 4 is 34.1 Å². The van der Waals surface area contributed by atoms with Gasteiger partial charge in [0.25, 0.3) is 0 Å². The van der Waals surface area contributed by atoms with Gasteiger partial charge in [-0.2, -0.15) is 5.26 Å². The Morgan fingerprint density at radius 1 is 0.719 bits per heavy atom. The van der Waals surface area contributed by atoms with Crippen LogP contribution in [0.4, 0.5) is 0 Å². The molecule has 5 aromatic rings. The highest BCUT2D eigenvalue weighted by Gasteiger charge is 2.46. The standard InChI is InChI=1S/C29H24N2P/c1-22-27-19-23(20-30)17-18-28(27)31-29(22)21-32(24-11-5-2-6-12-24,25-13-7-3-8-14-25)26-15-9-4-10-16-26/h2-19,31H,21H2,1H3/q+1. The molecule has 0 saturated heterocycles. The van der Waals surface area contributed by atoms with Gasteiger partial charge in [-0.05, 0) is 67.1 Å². The topological polar surface area (TPSA) is 39.6 Å². The molecule has 0 fully saturated rings. The Hall–Kier alpha value is -3.66. The molecule has 2 nitrogen and oxygen atoms in total. The van der Waals surface area contributed by atoms with Gasteiger partial charge in [0, 0.05) is 10.9 Å². The van der Waals surface area contributed by atoms with Crippen molar-refractivity contribution in [3.05, 3.63) is 126 Å². The van der Waals surface area contributed by atoms with Crippen molar-refractivity contribution in [2.24, 2.45) is 0 Å². The van der Waals surface area contributed by atoms with Gasteiger partial charge in [-0.25, -0.2) is 0 Å². The minimum atomic E-state index is -1.97. The highest BCUT2D eigenvalue weighted by molar-refractivity contribution is 7.95. The summed E-state index contributed by atoms with van der Waals surface area (Å²) in [5.41, 5.74) is 4.24. The van der Waals surface area contributed by atoms with E-state index in [-0.39, 0.29) is 0 Å². The fourth-order valence-electron chi connectivity index (χ4n) is 4.62. The Morgan fingerprint density at radius 3 is 1.69 bits per heavy atom. The molecule has 1 heterocycles. The lowest BCUT2D eigenvalue weighted by molar-refractivity contribution is 1.21. The molecule has 0 amide bonds. The molecule has 0 spiro atoms. The molecule has 0 radical (unpaired) electrons. The van der Waals surface area contributed by atoms with Gasteiger partial charge in [0.2, 0.25) is 0 Å². The predicted octanol–water partition coefficient (Wildman–Crippen LogP) is 5.84. The maximum absolute atomic E-state index is 9.37. The summed E-state index contributed by atoms with van der Waals surface area (Å²) < 4.78 is 0. The van der Waals surface area contributed by atoms with Crippen molar-refractivity contribution < 1.29 is 0 Å². The lowest BCUT2D eigenvalue weighted by Crippen LogP contribution is -2.32. The number of nitrogens with zero attached hydrogens (tertiary/aromatic N) is 1. The van der Waals surface area contributed by atoms with Crippen LogP contribution in [0.2, 0.25) is 0 Å². The Kier molecular flexibility index (Phi) is 5.36. The molecule has 0 aliphatic carbocycles. The fourth-order valence-corrected chi connectivity index (χ4v) is 8.89. The lowest BCUT2D eigenvalue weighted by Gasteiger charge is -2.27. The zero-order chi connectivity index (χ0) is 22.0. The van der Waals surface area contributed by atoms with E-state index < -0.39 is 7.26 Å². The number of rotatable bonds is 5. The third kappa shape index (κ3) is 3.42. The number of nitriles is 1. The van der Waals surface area contributed by atoms with E-state index in [0.29, 0.717) is 5.56 Å². The second kappa shape index (κ2) is 8.46. The Morgan fingerprint density at radius 2 is 1.22 bits per heavy atom. The number of fused-ring (bicyclic) bond motifs is 1. The first kappa shape index (κ1) is 20.3. The molecule has 0 bridgehead atoms. The molecule has 154 valence electrons. The molecule has 3 heteroatoms. The summed E-state index contributed by atoms with van der Waals surface area (Å²) in [6, 6.07) is 41.0. The molecule has 1 N–H and O–H groups in total. The first-order valence-electron chi connectivity index (χ1n) is 10.8. The van der Waals surface area contributed by atoms with Gasteiger partial charge < -0.3 is 4.98 Å². The number of aryl methyl sites for hydroxylation is 1. The summed E-state index contributed by atoms with van der Waals surface area (Å²) in [6.07, 6.45) is 0.896. The molecule has 0 unspecified atom stereocenters. The summed E-state index contributed by atoms with van der Waals surface area (Å²) in [6.45, 7) is 2.17. The van der Waals surface area contributed by atoms with Gasteiger partial charge >= 0.3 is 0 Å². The van der Waals surface area contributed by atoms with Gasteiger partial charge in [0.1, 0.15) is 29.3 Å². The molecule has 0 saturated carbocycles. The molecule has 32 heavy (non-hydrogen) atoms. The first-order chi connectivity index (χ1) is 15.7. The van der Waals surface area contributed by atoms with Crippen LogP contribution in [0.1, 0.15) is 16.8 Å². The van der Waals surface area contributed by atoms with E-state index in [2.05, 4.69) is 109 Å². The fraction of sp³-hybridized carbons (Fsp3) is 0.0690. The summed E-state index contributed by atoms with van der Waals surface area (Å²) in [4.78, 5) is 3.70. The van der Waals surface area contributed by atoms with Crippen molar-refractivity contribution in [2.75, 3.05) is 0 Å². The third-order valence-corrected chi connectivity index (χ3v) is 10.6. The smallest absolute Gasteiger partial charge is 0.118 e. The predicted molar refractivity (Wildman–Crippen MR) is 137 cm³/mol. The van der Waals surface area contributed by atoms with Gasteiger partial charge in [-0.3, -0.25) is 0 Å². The van der Waals surface area contributed by atoms with E-state index in [4.69, 9.17) is 0 Å². The van der Waals surface area contributed by atoms with Crippen LogP contribution in [0.15, 0.2) is 109 Å². The minimum Gasteiger partial charge on any atom is -0.355 e. The Labute approximate surface area is 189 Å². The molecular formula is C29H24N2P+. The Bertz CT molecular complexity index is 1300. The van der Waals surface area contributed by atoms with Crippen LogP contribution in [0, 0.1) is 18.3 Å². The van der Waals surface area contributed by atoms with Crippen LogP contribution in [0.5, 0.6) is 0 Å². The zero-order valence-electron chi connectivity index (χ0n) is 18.0. The van der Waals surface area contributed by atoms with Crippen molar-refractivity contribution in [1.82, 2.24) is 4.98 Å². The van der Waals surface area contributed by atoms with E-state index >= 15 is 0 Å². The number of benzene rings is 4. The molecule has 1 aromatic heterocycles. The van der Waals surface area contributed by atoms with Gasteiger partial charge in [-0.15, -0.1) is 0 Å². The molecule has 0 aliphatic rings. The SMILES string of the molecule is Cc1c(C[P+](c2ccccc2)(c2ccccc2)c2ccccc2)[nH]c2ccc(C#N)cc12. The van der Waals surface area contributed by atoms with Crippen LogP contribution in [-0.2, 0) is 6.16 Å². The Balaban J connectivity index is 1.79. The van der Waals surface area contributed by atoms with E-state index in [1.54, 1.807) is 0 Å². The van der Waals surface area contributed by atoms with Crippen LogP contribution >= 0.6 is 7.26 Å². The van der Waals surface area contributed by atoms with Crippen molar-refractivity contribution in [3.8, 4) is 6.07 Å². The minimum absolute atomic E-state index is 0.696. The second-order valence-corrected chi connectivity index (χ2v) is 11.6. The second-order valence-electron chi connectivity index (χ2n) is 8.08. The maximum atomic E-state index is 9.37. The van der Waals surface area contributed by atoms with Crippen LogP contribution in [0.25, 0.3) is 10.9 Å².